The molecule has 2 heterocycles. The predicted molar refractivity (Wildman–Crippen MR) is 96.0 cm³/mol. The van der Waals surface area contributed by atoms with Crippen molar-refractivity contribution in [2.45, 2.75) is 44.4 Å². The topological polar surface area (TPSA) is 49.9 Å². The number of carbonyl (C=O) groups is 2. The van der Waals surface area contributed by atoms with Crippen molar-refractivity contribution in [2.24, 2.45) is 0 Å². The highest BCUT2D eigenvalue weighted by atomic mass is 16.5. The molecule has 0 radical (unpaired) electrons. The summed E-state index contributed by atoms with van der Waals surface area (Å²) in [5, 5.41) is 0. The molecule has 2 unspecified atom stereocenters. The largest absolute Gasteiger partial charge is 0.367 e. The van der Waals surface area contributed by atoms with Gasteiger partial charge in [0.1, 0.15) is 12.1 Å². The molecule has 3 rings (SSSR count). The SMILES string of the molecule is CCCCOC1C(=O)C=CN2C1C(=O)N(C)C[C@@H]2Cc1ccccc1. The Hall–Kier alpha value is -2.14. The third kappa shape index (κ3) is 3.76. The molecule has 1 fully saturated rings. The molecular weight excluding hydrogens is 316 g/mol. The summed E-state index contributed by atoms with van der Waals surface area (Å²) >= 11 is 0. The van der Waals surface area contributed by atoms with Crippen LogP contribution in [0.5, 0.6) is 0 Å². The first-order valence-electron chi connectivity index (χ1n) is 9.01. The average molecular weight is 342 g/mol. The molecule has 0 spiro atoms. The van der Waals surface area contributed by atoms with E-state index in [0.717, 1.165) is 19.3 Å². The third-order valence-electron chi connectivity index (χ3n) is 4.94. The van der Waals surface area contributed by atoms with Gasteiger partial charge in [-0.1, -0.05) is 43.7 Å². The number of benzene rings is 1. The fourth-order valence-corrected chi connectivity index (χ4v) is 3.58. The van der Waals surface area contributed by atoms with Gasteiger partial charge in [0.25, 0.3) is 0 Å². The number of hydrogen-bond donors (Lipinski definition) is 0. The van der Waals surface area contributed by atoms with Crippen LogP contribution in [0.4, 0.5) is 0 Å². The predicted octanol–water partition coefficient (Wildman–Crippen LogP) is 2.02. The molecule has 2 aliphatic rings. The Labute approximate surface area is 149 Å². The summed E-state index contributed by atoms with van der Waals surface area (Å²) in [6.07, 6.45) is 5.35. The molecular formula is C20H26N2O3. The van der Waals surface area contributed by atoms with E-state index in [2.05, 4.69) is 19.1 Å². The first-order valence-corrected chi connectivity index (χ1v) is 9.01. The van der Waals surface area contributed by atoms with E-state index >= 15 is 0 Å². The van der Waals surface area contributed by atoms with Gasteiger partial charge in [-0.3, -0.25) is 9.59 Å². The normalized spacial score (nSPS) is 26.1. The number of rotatable bonds is 6. The summed E-state index contributed by atoms with van der Waals surface area (Å²) in [5.41, 5.74) is 1.22. The van der Waals surface area contributed by atoms with E-state index in [-0.39, 0.29) is 17.7 Å². The van der Waals surface area contributed by atoms with Gasteiger partial charge in [-0.05, 0) is 24.5 Å². The zero-order chi connectivity index (χ0) is 17.8. The first-order chi connectivity index (χ1) is 12.1. The van der Waals surface area contributed by atoms with Crippen molar-refractivity contribution in [3.05, 3.63) is 48.2 Å². The number of ketones is 1. The molecule has 1 aromatic carbocycles. The van der Waals surface area contributed by atoms with E-state index < -0.39 is 12.1 Å². The fourth-order valence-electron chi connectivity index (χ4n) is 3.58. The highest BCUT2D eigenvalue weighted by Gasteiger charge is 2.46. The minimum absolute atomic E-state index is 0.0384. The number of nitrogens with zero attached hydrogens (tertiary/aromatic N) is 2. The van der Waals surface area contributed by atoms with Crippen molar-refractivity contribution in [1.82, 2.24) is 9.80 Å². The van der Waals surface area contributed by atoms with Gasteiger partial charge in [0.05, 0.1) is 6.04 Å². The van der Waals surface area contributed by atoms with Crippen LogP contribution in [0, 0.1) is 0 Å². The molecule has 0 aliphatic carbocycles. The molecule has 1 amide bonds. The van der Waals surface area contributed by atoms with E-state index in [1.54, 1.807) is 17.2 Å². The molecule has 0 bridgehead atoms. The molecule has 2 aliphatic heterocycles. The minimum atomic E-state index is -0.704. The van der Waals surface area contributed by atoms with Crippen molar-refractivity contribution >= 4 is 11.7 Å². The lowest BCUT2D eigenvalue weighted by atomic mass is 9.92. The number of carbonyl (C=O) groups excluding carboxylic acids is 2. The Bertz CT molecular complexity index is 644. The van der Waals surface area contributed by atoms with Crippen LogP contribution in [0.3, 0.4) is 0 Å². The van der Waals surface area contributed by atoms with Crippen LogP contribution in [0.2, 0.25) is 0 Å². The van der Waals surface area contributed by atoms with Crippen LogP contribution in [-0.2, 0) is 20.7 Å². The van der Waals surface area contributed by atoms with Gasteiger partial charge in [0, 0.05) is 26.4 Å². The van der Waals surface area contributed by atoms with E-state index in [0.29, 0.717) is 13.2 Å². The molecule has 25 heavy (non-hydrogen) atoms. The van der Waals surface area contributed by atoms with E-state index in [4.69, 9.17) is 4.74 Å². The number of hydrogen-bond acceptors (Lipinski definition) is 4. The second kappa shape index (κ2) is 7.83. The second-order valence-electron chi connectivity index (χ2n) is 6.82. The maximum atomic E-state index is 12.8. The van der Waals surface area contributed by atoms with Crippen molar-refractivity contribution in [1.29, 1.82) is 0 Å². The smallest absolute Gasteiger partial charge is 0.248 e. The van der Waals surface area contributed by atoms with Crippen LogP contribution < -0.4 is 0 Å². The first kappa shape index (κ1) is 17.7. The lowest BCUT2D eigenvalue weighted by Gasteiger charge is -2.48. The quantitative estimate of drug-likeness (QED) is 0.742. The Morgan fingerprint density at radius 3 is 2.68 bits per heavy atom. The van der Waals surface area contributed by atoms with Crippen LogP contribution in [0.15, 0.2) is 42.6 Å². The summed E-state index contributed by atoms with van der Waals surface area (Å²) in [6.45, 7) is 3.23. The van der Waals surface area contributed by atoms with Crippen LogP contribution >= 0.6 is 0 Å². The molecule has 1 saturated heterocycles. The van der Waals surface area contributed by atoms with Crippen LogP contribution in [-0.4, -0.2) is 59.9 Å². The van der Waals surface area contributed by atoms with E-state index in [1.165, 1.54) is 5.56 Å². The number of amides is 1. The van der Waals surface area contributed by atoms with Crippen molar-refractivity contribution < 1.29 is 14.3 Å². The second-order valence-corrected chi connectivity index (χ2v) is 6.82. The lowest BCUT2D eigenvalue weighted by molar-refractivity contribution is -0.155. The van der Waals surface area contributed by atoms with Gasteiger partial charge in [-0.2, -0.15) is 0 Å². The van der Waals surface area contributed by atoms with Gasteiger partial charge < -0.3 is 14.5 Å². The number of fused-ring (bicyclic) bond motifs is 1. The maximum absolute atomic E-state index is 12.8. The maximum Gasteiger partial charge on any atom is 0.248 e. The molecule has 5 nitrogen and oxygen atoms in total. The molecule has 5 heteroatoms. The number of likely N-dealkylation sites (N-methyl/N-ethyl adjacent to an activating group) is 1. The molecule has 0 N–H and O–H groups in total. The summed E-state index contributed by atoms with van der Waals surface area (Å²) < 4.78 is 5.83. The highest BCUT2D eigenvalue weighted by molar-refractivity contribution is 6.00. The molecule has 1 aromatic rings. The van der Waals surface area contributed by atoms with Crippen molar-refractivity contribution in [3.8, 4) is 0 Å². The van der Waals surface area contributed by atoms with E-state index in [9.17, 15) is 9.59 Å². The van der Waals surface area contributed by atoms with E-state index in [1.807, 2.05) is 30.1 Å². The standard InChI is InChI=1S/C20H26N2O3/c1-3-4-12-25-19-17(23)10-11-22-16(13-15-8-6-5-7-9-15)14-21(2)20(24)18(19)22/h5-11,16,18-19H,3-4,12-14H2,1-2H3/t16-,18?,19?/m0/s1. The number of piperazine rings is 1. The van der Waals surface area contributed by atoms with Gasteiger partial charge in [0.2, 0.25) is 5.91 Å². The number of ether oxygens (including phenoxy) is 1. The summed E-state index contributed by atoms with van der Waals surface area (Å²) in [7, 11) is 1.81. The third-order valence-corrected chi connectivity index (χ3v) is 4.94. The fraction of sp³-hybridized carbons (Fsp3) is 0.500. The minimum Gasteiger partial charge on any atom is -0.367 e. The summed E-state index contributed by atoms with van der Waals surface area (Å²) in [5.74, 6) is -0.150. The van der Waals surface area contributed by atoms with Gasteiger partial charge in [-0.15, -0.1) is 0 Å². The zero-order valence-electron chi connectivity index (χ0n) is 14.9. The van der Waals surface area contributed by atoms with Crippen molar-refractivity contribution in [2.75, 3.05) is 20.2 Å². The molecule has 0 saturated carbocycles. The van der Waals surface area contributed by atoms with Gasteiger partial charge in [-0.25, -0.2) is 0 Å². The highest BCUT2D eigenvalue weighted by Crippen LogP contribution is 2.27. The Balaban J connectivity index is 1.83. The summed E-state index contributed by atoms with van der Waals surface area (Å²) in [4.78, 5) is 28.9. The lowest BCUT2D eigenvalue weighted by Crippen LogP contribution is -2.66. The Kier molecular flexibility index (Phi) is 5.53. The summed E-state index contributed by atoms with van der Waals surface area (Å²) in [6, 6.07) is 9.82. The van der Waals surface area contributed by atoms with Gasteiger partial charge in [0.15, 0.2) is 5.78 Å². The zero-order valence-corrected chi connectivity index (χ0v) is 14.9. The Morgan fingerprint density at radius 1 is 1.20 bits per heavy atom. The average Bonchev–Trinajstić information content (AvgIpc) is 2.62. The van der Waals surface area contributed by atoms with Crippen LogP contribution in [0.25, 0.3) is 0 Å². The number of unbranched alkanes of at least 4 members (excludes halogenated alkanes) is 1. The van der Waals surface area contributed by atoms with Gasteiger partial charge >= 0.3 is 0 Å². The monoisotopic (exact) mass is 342 g/mol. The molecule has 0 aromatic heterocycles. The Morgan fingerprint density at radius 2 is 1.96 bits per heavy atom. The van der Waals surface area contributed by atoms with Crippen LogP contribution in [0.1, 0.15) is 25.3 Å². The molecule has 3 atom stereocenters. The van der Waals surface area contributed by atoms with Crippen molar-refractivity contribution in [3.63, 3.8) is 0 Å². The molecule has 134 valence electrons.